The van der Waals surface area contributed by atoms with Crippen LogP contribution >= 0.6 is 0 Å². The van der Waals surface area contributed by atoms with Crippen LogP contribution in [0, 0.1) is 23.0 Å². The van der Waals surface area contributed by atoms with E-state index in [9.17, 15) is 13.6 Å². The van der Waals surface area contributed by atoms with Crippen molar-refractivity contribution in [3.05, 3.63) is 89.0 Å². The van der Waals surface area contributed by atoms with Crippen molar-refractivity contribution in [3.63, 3.8) is 0 Å². The average Bonchev–Trinajstić information content (AvgIpc) is 2.67. The van der Waals surface area contributed by atoms with Crippen LogP contribution < -0.4 is 10.5 Å². The lowest BCUT2D eigenvalue weighted by atomic mass is 10.0. The summed E-state index contributed by atoms with van der Waals surface area (Å²) in [5.74, 6) is -3.60. The summed E-state index contributed by atoms with van der Waals surface area (Å²) in [7, 11) is 0. The quantitative estimate of drug-likeness (QED) is 0.738. The second-order valence-electron chi connectivity index (χ2n) is 5.78. The van der Waals surface area contributed by atoms with Gasteiger partial charge in [0, 0.05) is 0 Å². The van der Waals surface area contributed by atoms with Crippen molar-refractivity contribution < 1.29 is 18.3 Å². The zero-order chi connectivity index (χ0) is 19.4. The van der Waals surface area contributed by atoms with Crippen molar-refractivity contribution >= 4 is 5.91 Å². The molecule has 3 aromatic rings. The van der Waals surface area contributed by atoms with Gasteiger partial charge in [-0.3, -0.25) is 4.79 Å². The minimum absolute atomic E-state index is 0.0187. The minimum atomic E-state index is -1.20. The van der Waals surface area contributed by atoms with E-state index in [-0.39, 0.29) is 12.4 Å². The summed E-state index contributed by atoms with van der Waals surface area (Å²) in [5.41, 5.74) is 7.32. The van der Waals surface area contributed by atoms with Gasteiger partial charge < -0.3 is 10.5 Å². The van der Waals surface area contributed by atoms with Gasteiger partial charge in [-0.25, -0.2) is 8.78 Å². The second kappa shape index (κ2) is 7.67. The second-order valence-corrected chi connectivity index (χ2v) is 5.78. The van der Waals surface area contributed by atoms with Crippen molar-refractivity contribution in [2.45, 2.75) is 6.61 Å². The van der Waals surface area contributed by atoms with Crippen LogP contribution in [-0.4, -0.2) is 5.91 Å². The predicted molar refractivity (Wildman–Crippen MR) is 95.8 cm³/mol. The number of halogens is 2. The maximum Gasteiger partial charge on any atom is 0.254 e. The molecule has 0 radical (unpaired) electrons. The maximum absolute atomic E-state index is 14.2. The predicted octanol–water partition coefficient (Wildman–Crippen LogP) is 4.18. The fraction of sp³-hybridized carbons (Fsp3) is 0.0476. The Morgan fingerprint density at radius 1 is 1.04 bits per heavy atom. The van der Waals surface area contributed by atoms with Crippen molar-refractivity contribution in [2.75, 3.05) is 0 Å². The van der Waals surface area contributed by atoms with Crippen LogP contribution in [0.1, 0.15) is 21.5 Å². The molecule has 134 valence electrons. The first-order chi connectivity index (χ1) is 13.0. The standard InChI is InChI=1S/C21H14F2N2O2/c22-17-8-9-18(20(23)19(17)21(25)26)27-12-14-2-1-3-16(10-14)15-6-4-13(11-24)5-7-15/h1-10H,12H2,(H2,25,26). The molecular formula is C21H14F2N2O2. The highest BCUT2D eigenvalue weighted by molar-refractivity contribution is 5.93. The lowest BCUT2D eigenvalue weighted by Crippen LogP contribution is -2.16. The summed E-state index contributed by atoms with van der Waals surface area (Å²) in [6.45, 7) is 0.0187. The highest BCUT2D eigenvalue weighted by Crippen LogP contribution is 2.25. The number of benzene rings is 3. The van der Waals surface area contributed by atoms with E-state index in [1.54, 1.807) is 18.2 Å². The van der Waals surface area contributed by atoms with Gasteiger partial charge in [0.05, 0.1) is 11.6 Å². The van der Waals surface area contributed by atoms with Crippen LogP contribution in [0.15, 0.2) is 60.7 Å². The molecule has 6 heteroatoms. The number of nitriles is 1. The van der Waals surface area contributed by atoms with Gasteiger partial charge in [-0.1, -0.05) is 30.3 Å². The number of primary amides is 1. The Bertz CT molecular complexity index is 1040. The van der Waals surface area contributed by atoms with Crippen molar-refractivity contribution in [1.29, 1.82) is 5.26 Å². The summed E-state index contributed by atoms with van der Waals surface area (Å²) in [6.07, 6.45) is 0. The third-order valence-electron chi connectivity index (χ3n) is 3.97. The molecule has 0 fully saturated rings. The number of amides is 1. The number of hydrogen-bond donors (Lipinski definition) is 1. The number of hydrogen-bond acceptors (Lipinski definition) is 3. The summed E-state index contributed by atoms with van der Waals surface area (Å²) < 4.78 is 33.1. The van der Waals surface area contributed by atoms with Crippen molar-refractivity contribution in [3.8, 4) is 22.9 Å². The van der Waals surface area contributed by atoms with E-state index in [1.165, 1.54) is 0 Å². The van der Waals surface area contributed by atoms with E-state index in [2.05, 4.69) is 6.07 Å². The molecule has 1 amide bonds. The molecule has 2 N–H and O–H groups in total. The number of carbonyl (C=O) groups excluding carboxylic acids is 1. The molecule has 0 bridgehead atoms. The molecule has 0 spiro atoms. The Hall–Kier alpha value is -3.72. The van der Waals surface area contributed by atoms with Gasteiger partial charge in [-0.15, -0.1) is 0 Å². The summed E-state index contributed by atoms with van der Waals surface area (Å²) in [5, 5.41) is 8.87. The molecule has 0 aliphatic rings. The lowest BCUT2D eigenvalue weighted by molar-refractivity contribution is 0.0991. The van der Waals surface area contributed by atoms with E-state index >= 15 is 0 Å². The third-order valence-corrected chi connectivity index (χ3v) is 3.97. The van der Waals surface area contributed by atoms with Gasteiger partial charge >= 0.3 is 0 Å². The fourth-order valence-electron chi connectivity index (χ4n) is 2.61. The highest BCUT2D eigenvalue weighted by atomic mass is 19.1. The Labute approximate surface area is 154 Å². The zero-order valence-corrected chi connectivity index (χ0v) is 14.1. The normalized spacial score (nSPS) is 10.3. The molecule has 4 nitrogen and oxygen atoms in total. The Morgan fingerprint density at radius 3 is 2.44 bits per heavy atom. The molecule has 0 heterocycles. The molecule has 0 atom stereocenters. The Balaban J connectivity index is 1.80. The van der Waals surface area contributed by atoms with E-state index in [1.807, 2.05) is 30.3 Å². The molecular weight excluding hydrogens is 350 g/mol. The van der Waals surface area contributed by atoms with Gasteiger partial charge in [0.15, 0.2) is 11.6 Å². The van der Waals surface area contributed by atoms with Crippen LogP contribution in [0.25, 0.3) is 11.1 Å². The average molecular weight is 364 g/mol. The van der Waals surface area contributed by atoms with Crippen LogP contribution in [0.3, 0.4) is 0 Å². The van der Waals surface area contributed by atoms with Gasteiger partial charge in [0.2, 0.25) is 0 Å². The summed E-state index contributed by atoms with van der Waals surface area (Å²) in [6, 6.07) is 18.6. The molecule has 0 aromatic heterocycles. The van der Waals surface area contributed by atoms with Gasteiger partial charge in [-0.2, -0.15) is 5.26 Å². The Kier molecular flexibility index (Phi) is 5.13. The third kappa shape index (κ3) is 3.93. The number of rotatable bonds is 5. The minimum Gasteiger partial charge on any atom is -0.486 e. The van der Waals surface area contributed by atoms with Gasteiger partial charge in [0.1, 0.15) is 18.0 Å². The number of carbonyl (C=O) groups is 1. The molecule has 0 aliphatic carbocycles. The van der Waals surface area contributed by atoms with Gasteiger partial charge in [-0.05, 0) is 47.0 Å². The first-order valence-corrected chi connectivity index (χ1v) is 7.99. The van der Waals surface area contributed by atoms with Gasteiger partial charge in [0.25, 0.3) is 5.91 Å². The van der Waals surface area contributed by atoms with Crippen molar-refractivity contribution in [2.24, 2.45) is 5.73 Å². The SMILES string of the molecule is N#Cc1ccc(-c2cccc(COc3ccc(F)c(C(N)=O)c3F)c2)cc1. The fourth-order valence-corrected chi connectivity index (χ4v) is 2.61. The van der Waals surface area contributed by atoms with E-state index in [4.69, 9.17) is 15.7 Å². The molecule has 0 aliphatic heterocycles. The highest BCUT2D eigenvalue weighted by Gasteiger charge is 2.19. The molecule has 27 heavy (non-hydrogen) atoms. The molecule has 3 rings (SSSR count). The van der Waals surface area contributed by atoms with Crippen LogP contribution in [0.2, 0.25) is 0 Å². The summed E-state index contributed by atoms with van der Waals surface area (Å²) >= 11 is 0. The molecule has 0 saturated heterocycles. The van der Waals surface area contributed by atoms with Crippen LogP contribution in [0.4, 0.5) is 8.78 Å². The van der Waals surface area contributed by atoms with E-state index in [0.29, 0.717) is 5.56 Å². The van der Waals surface area contributed by atoms with Crippen molar-refractivity contribution in [1.82, 2.24) is 0 Å². The molecule has 0 unspecified atom stereocenters. The molecule has 0 saturated carbocycles. The summed E-state index contributed by atoms with van der Waals surface area (Å²) in [4.78, 5) is 11.2. The largest absolute Gasteiger partial charge is 0.486 e. The zero-order valence-electron chi connectivity index (χ0n) is 14.1. The Morgan fingerprint density at radius 2 is 1.78 bits per heavy atom. The van der Waals surface area contributed by atoms with Crippen LogP contribution in [0.5, 0.6) is 5.75 Å². The monoisotopic (exact) mass is 364 g/mol. The number of ether oxygens (including phenoxy) is 1. The number of nitrogens with two attached hydrogens (primary N) is 1. The smallest absolute Gasteiger partial charge is 0.254 e. The first kappa shape index (κ1) is 18.1. The number of nitrogens with zero attached hydrogens (tertiary/aromatic N) is 1. The maximum atomic E-state index is 14.2. The lowest BCUT2D eigenvalue weighted by Gasteiger charge is -2.11. The van der Waals surface area contributed by atoms with Crippen LogP contribution in [-0.2, 0) is 6.61 Å². The molecule has 3 aromatic carbocycles. The first-order valence-electron chi connectivity index (χ1n) is 7.99. The van der Waals surface area contributed by atoms with E-state index in [0.717, 1.165) is 28.8 Å². The topological polar surface area (TPSA) is 76.1 Å². The van der Waals surface area contributed by atoms with E-state index < -0.39 is 23.1 Å².